The number of carbonyl (C=O) groups is 2. The van der Waals surface area contributed by atoms with Crippen LogP contribution in [0.25, 0.3) is 0 Å². The van der Waals surface area contributed by atoms with E-state index in [1.54, 1.807) is 36.4 Å². The van der Waals surface area contributed by atoms with Crippen LogP contribution in [0.1, 0.15) is 15.9 Å². The van der Waals surface area contributed by atoms with Gasteiger partial charge in [0.2, 0.25) is 5.91 Å². The fraction of sp³-hybridized carbons (Fsp3) is 0.0667. The highest BCUT2D eigenvalue weighted by Gasteiger charge is 2.22. The van der Waals surface area contributed by atoms with Crippen LogP contribution in [-0.2, 0) is 11.2 Å². The van der Waals surface area contributed by atoms with E-state index < -0.39 is 5.97 Å². The maximum Gasteiger partial charge on any atom is 0.343 e. The Bertz CT molecular complexity index is 695. The fourth-order valence-electron chi connectivity index (χ4n) is 2.05. The zero-order chi connectivity index (χ0) is 14.1. The number of para-hydroxylation sites is 1. The van der Waals surface area contributed by atoms with Gasteiger partial charge < -0.3 is 10.1 Å². The molecule has 0 aromatic heterocycles. The number of hydrogen-bond donors (Lipinski definition) is 1. The first-order chi connectivity index (χ1) is 9.63. The van der Waals surface area contributed by atoms with Gasteiger partial charge in [0, 0.05) is 4.47 Å². The van der Waals surface area contributed by atoms with Crippen molar-refractivity contribution in [1.29, 1.82) is 0 Å². The lowest BCUT2D eigenvalue weighted by Gasteiger charge is -2.08. The van der Waals surface area contributed by atoms with Gasteiger partial charge in [-0.25, -0.2) is 4.79 Å². The number of rotatable bonds is 2. The van der Waals surface area contributed by atoms with Crippen molar-refractivity contribution < 1.29 is 14.3 Å². The second-order valence-corrected chi connectivity index (χ2v) is 5.33. The summed E-state index contributed by atoms with van der Waals surface area (Å²) in [6.45, 7) is 0. The molecule has 100 valence electrons. The largest absolute Gasteiger partial charge is 0.421 e. The minimum atomic E-state index is -0.452. The molecule has 0 aliphatic carbocycles. The molecule has 2 aromatic carbocycles. The SMILES string of the molecule is O=C1Cc2cccc(OC(=O)c3ccc(Br)cc3)c2N1. The molecule has 0 radical (unpaired) electrons. The molecule has 1 N–H and O–H groups in total. The molecule has 1 aliphatic rings. The van der Waals surface area contributed by atoms with Crippen molar-refractivity contribution in [1.82, 2.24) is 0 Å². The zero-order valence-electron chi connectivity index (χ0n) is 10.4. The predicted octanol–water partition coefficient (Wildman–Crippen LogP) is 3.16. The lowest BCUT2D eigenvalue weighted by molar-refractivity contribution is -0.115. The summed E-state index contributed by atoms with van der Waals surface area (Å²) in [5.41, 5.74) is 1.88. The van der Waals surface area contributed by atoms with Crippen LogP contribution in [0.15, 0.2) is 46.9 Å². The number of anilines is 1. The number of hydrogen-bond acceptors (Lipinski definition) is 3. The van der Waals surface area contributed by atoms with Gasteiger partial charge in [-0.05, 0) is 35.9 Å². The molecule has 4 nitrogen and oxygen atoms in total. The molecule has 0 atom stereocenters. The maximum atomic E-state index is 12.1. The van der Waals surface area contributed by atoms with Crippen molar-refractivity contribution in [3.63, 3.8) is 0 Å². The number of carbonyl (C=O) groups excluding carboxylic acids is 2. The van der Waals surface area contributed by atoms with Crippen LogP contribution < -0.4 is 10.1 Å². The normalized spacial score (nSPS) is 12.8. The number of benzene rings is 2. The van der Waals surface area contributed by atoms with E-state index in [0.29, 0.717) is 23.4 Å². The van der Waals surface area contributed by atoms with E-state index in [4.69, 9.17) is 4.74 Å². The monoisotopic (exact) mass is 331 g/mol. The summed E-state index contributed by atoms with van der Waals surface area (Å²) in [4.78, 5) is 23.4. The molecule has 1 heterocycles. The summed E-state index contributed by atoms with van der Waals surface area (Å²) in [6.07, 6.45) is 0.318. The molecular weight excluding hydrogens is 322 g/mol. The molecule has 0 saturated heterocycles. The third kappa shape index (κ3) is 2.44. The minimum absolute atomic E-state index is 0.0906. The summed E-state index contributed by atoms with van der Waals surface area (Å²) in [6, 6.07) is 12.2. The molecular formula is C15H10BrNO3. The molecule has 0 saturated carbocycles. The van der Waals surface area contributed by atoms with Crippen LogP contribution in [0.4, 0.5) is 5.69 Å². The molecule has 0 spiro atoms. The second kappa shape index (κ2) is 5.09. The average molecular weight is 332 g/mol. The Morgan fingerprint density at radius 2 is 1.90 bits per heavy atom. The number of fused-ring (bicyclic) bond motifs is 1. The smallest absolute Gasteiger partial charge is 0.343 e. The standard InChI is InChI=1S/C15H10BrNO3/c16-11-6-4-9(5-7-11)15(19)20-12-3-1-2-10-8-13(18)17-14(10)12/h1-7H,8H2,(H,17,18). The van der Waals surface area contributed by atoms with Gasteiger partial charge >= 0.3 is 5.97 Å². The van der Waals surface area contributed by atoms with E-state index in [-0.39, 0.29) is 5.91 Å². The molecule has 0 bridgehead atoms. The van der Waals surface area contributed by atoms with Gasteiger partial charge in [-0.2, -0.15) is 0 Å². The van der Waals surface area contributed by atoms with Crippen LogP contribution in [0, 0.1) is 0 Å². The van der Waals surface area contributed by atoms with E-state index in [1.807, 2.05) is 6.07 Å². The second-order valence-electron chi connectivity index (χ2n) is 4.41. The lowest BCUT2D eigenvalue weighted by Crippen LogP contribution is -2.10. The Morgan fingerprint density at radius 1 is 1.15 bits per heavy atom. The van der Waals surface area contributed by atoms with Crippen molar-refractivity contribution >= 4 is 33.5 Å². The molecule has 5 heteroatoms. The molecule has 20 heavy (non-hydrogen) atoms. The van der Waals surface area contributed by atoms with Crippen molar-refractivity contribution in [2.75, 3.05) is 5.32 Å². The molecule has 3 rings (SSSR count). The summed E-state index contributed by atoms with van der Waals surface area (Å²) < 4.78 is 6.25. The topological polar surface area (TPSA) is 55.4 Å². The summed E-state index contributed by atoms with van der Waals surface area (Å²) in [7, 11) is 0. The van der Waals surface area contributed by atoms with Gasteiger partial charge in [0.15, 0.2) is 5.75 Å². The highest BCUT2D eigenvalue weighted by atomic mass is 79.9. The molecule has 2 aromatic rings. The van der Waals surface area contributed by atoms with Crippen LogP contribution >= 0.6 is 15.9 Å². The van der Waals surface area contributed by atoms with Crippen molar-refractivity contribution in [3.05, 3.63) is 58.1 Å². The van der Waals surface area contributed by atoms with Gasteiger partial charge in [-0.15, -0.1) is 0 Å². The fourth-order valence-corrected chi connectivity index (χ4v) is 2.32. The lowest BCUT2D eigenvalue weighted by atomic mass is 10.1. The Kier molecular flexibility index (Phi) is 3.28. The maximum absolute atomic E-state index is 12.1. The Morgan fingerprint density at radius 3 is 2.65 bits per heavy atom. The number of ether oxygens (including phenoxy) is 1. The number of esters is 1. The van der Waals surface area contributed by atoms with Gasteiger partial charge in [-0.3, -0.25) is 4.79 Å². The van der Waals surface area contributed by atoms with Gasteiger partial charge in [0.05, 0.1) is 17.7 Å². The summed E-state index contributed by atoms with van der Waals surface area (Å²) in [5, 5.41) is 2.71. The van der Waals surface area contributed by atoms with Gasteiger partial charge in [0.1, 0.15) is 0 Å². The Labute approximate surface area is 123 Å². The van der Waals surface area contributed by atoms with E-state index in [0.717, 1.165) is 10.0 Å². The molecule has 0 fully saturated rings. The minimum Gasteiger partial charge on any atom is -0.421 e. The van der Waals surface area contributed by atoms with Gasteiger partial charge in [-0.1, -0.05) is 28.1 Å². The van der Waals surface area contributed by atoms with Crippen LogP contribution in [0.2, 0.25) is 0 Å². The van der Waals surface area contributed by atoms with Crippen molar-refractivity contribution in [3.8, 4) is 5.75 Å². The molecule has 0 unspecified atom stereocenters. The third-order valence-corrected chi connectivity index (χ3v) is 3.54. The van der Waals surface area contributed by atoms with Crippen molar-refractivity contribution in [2.45, 2.75) is 6.42 Å². The summed E-state index contributed by atoms with van der Waals surface area (Å²) in [5.74, 6) is -0.166. The average Bonchev–Trinajstić information content (AvgIpc) is 2.81. The first-order valence-corrected chi connectivity index (χ1v) is 6.82. The Hall–Kier alpha value is -2.14. The van der Waals surface area contributed by atoms with E-state index in [9.17, 15) is 9.59 Å². The number of halogens is 1. The third-order valence-electron chi connectivity index (χ3n) is 3.01. The molecule has 1 amide bonds. The van der Waals surface area contributed by atoms with Crippen LogP contribution in [0.3, 0.4) is 0 Å². The Balaban J connectivity index is 1.86. The van der Waals surface area contributed by atoms with E-state index in [1.165, 1.54) is 0 Å². The van der Waals surface area contributed by atoms with Crippen LogP contribution in [-0.4, -0.2) is 11.9 Å². The highest BCUT2D eigenvalue weighted by Crippen LogP contribution is 2.33. The highest BCUT2D eigenvalue weighted by molar-refractivity contribution is 9.10. The van der Waals surface area contributed by atoms with Gasteiger partial charge in [0.25, 0.3) is 0 Å². The first-order valence-electron chi connectivity index (χ1n) is 6.03. The number of amides is 1. The van der Waals surface area contributed by atoms with Crippen molar-refractivity contribution in [2.24, 2.45) is 0 Å². The van der Waals surface area contributed by atoms with Crippen LogP contribution in [0.5, 0.6) is 5.75 Å². The molecule has 1 aliphatic heterocycles. The number of nitrogens with one attached hydrogen (secondary N) is 1. The summed E-state index contributed by atoms with van der Waals surface area (Å²) >= 11 is 3.31. The zero-order valence-corrected chi connectivity index (χ0v) is 11.9. The quantitative estimate of drug-likeness (QED) is 0.679. The first kappa shape index (κ1) is 12.9. The van der Waals surface area contributed by atoms with E-state index >= 15 is 0 Å². The predicted molar refractivity (Wildman–Crippen MR) is 77.9 cm³/mol. The van der Waals surface area contributed by atoms with E-state index in [2.05, 4.69) is 21.2 Å².